The quantitative estimate of drug-likeness (QED) is 0.684. The van der Waals surface area contributed by atoms with Crippen molar-refractivity contribution in [3.8, 4) is 0 Å². The molecule has 3 nitrogen and oxygen atoms in total. The summed E-state index contributed by atoms with van der Waals surface area (Å²) in [6.45, 7) is 7.76. The highest BCUT2D eigenvalue weighted by Crippen LogP contribution is 2.29. The fraction of sp³-hybridized carbons (Fsp3) is 0.600. The third-order valence-corrected chi connectivity index (χ3v) is 5.02. The molecule has 1 aliphatic rings. The van der Waals surface area contributed by atoms with Crippen molar-refractivity contribution < 1.29 is 5.11 Å². The first kappa shape index (κ1) is 16.3. The van der Waals surface area contributed by atoms with E-state index in [1.54, 1.807) is 0 Å². The van der Waals surface area contributed by atoms with Gasteiger partial charge in [0.2, 0.25) is 0 Å². The number of nitrogens with one attached hydrogen (secondary N) is 2. The Labute approximate surface area is 134 Å². The third-order valence-electron chi connectivity index (χ3n) is 3.42. The summed E-state index contributed by atoms with van der Waals surface area (Å²) in [4.78, 5) is 1.33. The Kier molecular flexibility index (Phi) is 6.36. The second-order valence-electron chi connectivity index (χ2n) is 5.54. The van der Waals surface area contributed by atoms with Crippen molar-refractivity contribution >= 4 is 27.7 Å². The summed E-state index contributed by atoms with van der Waals surface area (Å²) in [5, 5.41) is 17.1. The molecule has 112 valence electrons. The van der Waals surface area contributed by atoms with Gasteiger partial charge in [0, 0.05) is 46.7 Å². The van der Waals surface area contributed by atoms with Crippen LogP contribution in [0.25, 0.3) is 0 Å². The van der Waals surface area contributed by atoms with E-state index < -0.39 is 0 Å². The van der Waals surface area contributed by atoms with Crippen LogP contribution in [0.5, 0.6) is 0 Å². The summed E-state index contributed by atoms with van der Waals surface area (Å²) in [6.07, 6.45) is -0.211. The van der Waals surface area contributed by atoms with Gasteiger partial charge in [-0.25, -0.2) is 0 Å². The Balaban J connectivity index is 1.91. The topological polar surface area (TPSA) is 44.3 Å². The third kappa shape index (κ3) is 4.74. The number of thioether (sulfide) groups is 1. The van der Waals surface area contributed by atoms with Crippen LogP contribution in [-0.4, -0.2) is 36.1 Å². The molecule has 1 fully saturated rings. The second kappa shape index (κ2) is 7.80. The maximum absolute atomic E-state index is 9.78. The van der Waals surface area contributed by atoms with Crippen LogP contribution in [-0.2, 0) is 6.54 Å². The molecule has 20 heavy (non-hydrogen) atoms. The molecule has 0 bridgehead atoms. The van der Waals surface area contributed by atoms with Gasteiger partial charge in [-0.3, -0.25) is 0 Å². The van der Waals surface area contributed by atoms with Gasteiger partial charge in [-0.1, -0.05) is 35.8 Å². The van der Waals surface area contributed by atoms with Crippen molar-refractivity contribution in [2.75, 3.05) is 19.6 Å². The number of halogens is 1. The first-order chi connectivity index (χ1) is 9.56. The summed E-state index contributed by atoms with van der Waals surface area (Å²) in [5.74, 6) is 0.326. The smallest absolute Gasteiger partial charge is 0.0716 e. The predicted octanol–water partition coefficient (Wildman–Crippen LogP) is 2.62. The van der Waals surface area contributed by atoms with Crippen molar-refractivity contribution in [2.45, 2.75) is 36.6 Å². The van der Waals surface area contributed by atoms with E-state index in [0.29, 0.717) is 11.2 Å². The molecule has 2 atom stereocenters. The lowest BCUT2D eigenvalue weighted by atomic mass is 10.1. The first-order valence-electron chi connectivity index (χ1n) is 7.11. The molecular weight excluding hydrogens is 336 g/mol. The number of benzene rings is 1. The summed E-state index contributed by atoms with van der Waals surface area (Å²) >= 11 is 5.43. The van der Waals surface area contributed by atoms with Gasteiger partial charge in [0.25, 0.3) is 0 Å². The van der Waals surface area contributed by atoms with Gasteiger partial charge in [0.15, 0.2) is 0 Å². The Hall–Kier alpha value is -0.0700. The standard InChI is InChI=1S/C15H23BrN2OS/c1-10(2)20-15-5-13(16)4-3-11(15)6-17-7-12-8-18-9-14(12)19/h3-5,10,12,14,17-19H,6-9H2,1-2H3. The van der Waals surface area contributed by atoms with Gasteiger partial charge < -0.3 is 15.7 Å². The molecule has 1 aliphatic heterocycles. The average molecular weight is 359 g/mol. The van der Waals surface area contributed by atoms with E-state index in [4.69, 9.17) is 0 Å². The fourth-order valence-corrected chi connectivity index (χ4v) is 3.86. The lowest BCUT2D eigenvalue weighted by Gasteiger charge is -2.16. The SMILES string of the molecule is CC(C)Sc1cc(Br)ccc1CNCC1CNCC1O. The van der Waals surface area contributed by atoms with E-state index in [-0.39, 0.29) is 6.10 Å². The molecule has 1 heterocycles. The van der Waals surface area contributed by atoms with Crippen molar-refractivity contribution in [3.63, 3.8) is 0 Å². The Bertz CT molecular complexity index is 442. The predicted molar refractivity (Wildman–Crippen MR) is 89.2 cm³/mol. The van der Waals surface area contributed by atoms with Gasteiger partial charge in [-0.15, -0.1) is 11.8 Å². The fourth-order valence-electron chi connectivity index (χ4n) is 2.36. The maximum Gasteiger partial charge on any atom is 0.0716 e. The van der Waals surface area contributed by atoms with Crippen LogP contribution in [0.1, 0.15) is 19.4 Å². The summed E-state index contributed by atoms with van der Waals surface area (Å²) in [6, 6.07) is 6.45. The van der Waals surface area contributed by atoms with E-state index >= 15 is 0 Å². The molecule has 1 aromatic carbocycles. The molecule has 2 unspecified atom stereocenters. The minimum atomic E-state index is -0.211. The van der Waals surface area contributed by atoms with Crippen LogP contribution < -0.4 is 10.6 Å². The summed E-state index contributed by atoms with van der Waals surface area (Å²) in [7, 11) is 0. The number of aliphatic hydroxyl groups is 1. The van der Waals surface area contributed by atoms with Crippen molar-refractivity contribution in [1.29, 1.82) is 0 Å². The average Bonchev–Trinajstić information content (AvgIpc) is 2.77. The zero-order valence-corrected chi connectivity index (χ0v) is 14.4. The van der Waals surface area contributed by atoms with Crippen molar-refractivity contribution in [3.05, 3.63) is 28.2 Å². The van der Waals surface area contributed by atoms with E-state index in [1.807, 2.05) is 11.8 Å². The molecule has 3 N–H and O–H groups in total. The largest absolute Gasteiger partial charge is 0.391 e. The summed E-state index contributed by atoms with van der Waals surface area (Å²) in [5.41, 5.74) is 1.33. The molecule has 0 saturated carbocycles. The van der Waals surface area contributed by atoms with Crippen LogP contribution >= 0.6 is 27.7 Å². The van der Waals surface area contributed by atoms with Crippen molar-refractivity contribution in [2.24, 2.45) is 5.92 Å². The minimum absolute atomic E-state index is 0.211. The second-order valence-corrected chi connectivity index (χ2v) is 8.07. The van der Waals surface area contributed by atoms with Crippen LogP contribution in [0, 0.1) is 5.92 Å². The lowest BCUT2D eigenvalue weighted by Crippen LogP contribution is -2.30. The number of rotatable bonds is 6. The zero-order chi connectivity index (χ0) is 14.5. The number of hydrogen-bond acceptors (Lipinski definition) is 4. The molecule has 2 rings (SSSR count). The molecule has 0 amide bonds. The molecule has 0 aliphatic carbocycles. The molecule has 1 aromatic rings. The summed E-state index contributed by atoms with van der Waals surface area (Å²) < 4.78 is 1.12. The zero-order valence-electron chi connectivity index (χ0n) is 12.0. The molecule has 0 radical (unpaired) electrons. The van der Waals surface area contributed by atoms with Gasteiger partial charge in [-0.05, 0) is 17.7 Å². The van der Waals surface area contributed by atoms with Crippen LogP contribution in [0.15, 0.2) is 27.6 Å². The van der Waals surface area contributed by atoms with E-state index in [0.717, 1.165) is 30.7 Å². The van der Waals surface area contributed by atoms with Gasteiger partial charge in [-0.2, -0.15) is 0 Å². The van der Waals surface area contributed by atoms with E-state index in [9.17, 15) is 5.11 Å². The van der Waals surface area contributed by atoms with Crippen molar-refractivity contribution in [1.82, 2.24) is 10.6 Å². The molecule has 1 saturated heterocycles. The van der Waals surface area contributed by atoms with E-state index in [1.165, 1.54) is 10.5 Å². The van der Waals surface area contributed by atoms with E-state index in [2.05, 4.69) is 58.6 Å². The monoisotopic (exact) mass is 358 g/mol. The number of hydrogen-bond donors (Lipinski definition) is 3. The molecular formula is C15H23BrN2OS. The highest BCUT2D eigenvalue weighted by Gasteiger charge is 2.24. The minimum Gasteiger partial charge on any atom is -0.391 e. The van der Waals surface area contributed by atoms with Gasteiger partial charge in [0.1, 0.15) is 0 Å². The Morgan fingerprint density at radius 3 is 2.90 bits per heavy atom. The van der Waals surface area contributed by atoms with Gasteiger partial charge in [0.05, 0.1) is 6.10 Å². The Morgan fingerprint density at radius 1 is 1.45 bits per heavy atom. The first-order valence-corrected chi connectivity index (χ1v) is 8.78. The number of aliphatic hydroxyl groups excluding tert-OH is 1. The van der Waals surface area contributed by atoms with Crippen LogP contribution in [0.4, 0.5) is 0 Å². The molecule has 0 aromatic heterocycles. The van der Waals surface area contributed by atoms with Gasteiger partial charge >= 0.3 is 0 Å². The normalized spacial score (nSPS) is 22.6. The molecule has 0 spiro atoms. The lowest BCUT2D eigenvalue weighted by molar-refractivity contribution is 0.146. The Morgan fingerprint density at radius 2 is 2.25 bits per heavy atom. The highest BCUT2D eigenvalue weighted by molar-refractivity contribution is 9.10. The highest BCUT2D eigenvalue weighted by atomic mass is 79.9. The van der Waals surface area contributed by atoms with Crippen LogP contribution in [0.2, 0.25) is 0 Å². The van der Waals surface area contributed by atoms with Crippen LogP contribution in [0.3, 0.4) is 0 Å². The molecule has 5 heteroatoms. The maximum atomic E-state index is 9.78. The number of β-amino-alcohol motifs (C(OH)–C–C–N with tert-alkyl or cyclic N) is 1.